The smallest absolute Gasteiger partial charge is 0.188 e. The summed E-state index contributed by atoms with van der Waals surface area (Å²) in [5, 5.41) is 5.33. The molecule has 0 aliphatic rings. The predicted octanol–water partition coefficient (Wildman–Crippen LogP) is 4.65. The molecular weight excluding hydrogens is 316 g/mol. The largest absolute Gasteiger partial charge is 0.316 e. The second kappa shape index (κ2) is 6.60. The summed E-state index contributed by atoms with van der Waals surface area (Å²) >= 11 is 1.33. The number of anilines is 2. The molecule has 3 rings (SSSR count). The van der Waals surface area contributed by atoms with Gasteiger partial charge in [0.2, 0.25) is 0 Å². The highest BCUT2D eigenvalue weighted by molar-refractivity contribution is 7.14. The van der Waals surface area contributed by atoms with Gasteiger partial charge in [-0.05, 0) is 24.3 Å². The van der Waals surface area contributed by atoms with Crippen LogP contribution in [0.25, 0.3) is 11.3 Å². The first-order valence-corrected chi connectivity index (χ1v) is 6.69. The molecule has 0 aliphatic carbocycles. The normalized spacial score (nSPS) is 10.0. The van der Waals surface area contributed by atoms with Crippen LogP contribution in [-0.2, 0) is 0 Å². The van der Waals surface area contributed by atoms with Crippen molar-refractivity contribution in [3.8, 4) is 11.3 Å². The summed E-state index contributed by atoms with van der Waals surface area (Å²) in [6, 6.07) is 8.91. The minimum Gasteiger partial charge on any atom is -0.316 e. The van der Waals surface area contributed by atoms with Gasteiger partial charge >= 0.3 is 0 Å². The van der Waals surface area contributed by atoms with Crippen molar-refractivity contribution in [3.63, 3.8) is 0 Å². The molecule has 0 atom stereocenters. The Morgan fingerprint density at radius 1 is 1.10 bits per heavy atom. The van der Waals surface area contributed by atoms with Crippen LogP contribution in [-0.4, -0.2) is 9.97 Å². The zero-order chi connectivity index (χ0) is 13.9. The molecule has 0 bridgehead atoms. The Balaban J connectivity index is 0.00000161. The van der Waals surface area contributed by atoms with Crippen LogP contribution >= 0.6 is 23.7 Å². The van der Waals surface area contributed by atoms with Gasteiger partial charge in [0.15, 0.2) is 5.13 Å². The Kier molecular flexibility index (Phi) is 4.82. The van der Waals surface area contributed by atoms with Crippen LogP contribution in [0.1, 0.15) is 0 Å². The van der Waals surface area contributed by atoms with Gasteiger partial charge in [-0.3, -0.25) is 0 Å². The molecule has 1 aromatic carbocycles. The number of hydrogen-bond acceptors (Lipinski definition) is 4. The van der Waals surface area contributed by atoms with Gasteiger partial charge in [-0.15, -0.1) is 23.7 Å². The highest BCUT2D eigenvalue weighted by Gasteiger charge is 2.10. The Hall–Kier alpha value is -2.05. The summed E-state index contributed by atoms with van der Waals surface area (Å²) in [7, 11) is 0. The van der Waals surface area contributed by atoms with Crippen LogP contribution in [0.4, 0.5) is 19.7 Å². The van der Waals surface area contributed by atoms with Gasteiger partial charge in [0.25, 0.3) is 0 Å². The van der Waals surface area contributed by atoms with Gasteiger partial charge < -0.3 is 5.32 Å². The van der Waals surface area contributed by atoms with Gasteiger partial charge in [0.05, 0.1) is 5.69 Å². The first kappa shape index (κ1) is 15.3. The van der Waals surface area contributed by atoms with Crippen molar-refractivity contribution in [2.45, 2.75) is 0 Å². The van der Waals surface area contributed by atoms with E-state index in [0.717, 1.165) is 6.07 Å². The Morgan fingerprint density at radius 2 is 1.95 bits per heavy atom. The summed E-state index contributed by atoms with van der Waals surface area (Å²) in [5.41, 5.74) is 0.739. The predicted molar refractivity (Wildman–Crippen MR) is 82.2 cm³/mol. The second-order valence-corrected chi connectivity index (χ2v) is 4.86. The third-order valence-corrected chi connectivity index (χ3v) is 3.37. The average molecular weight is 326 g/mol. The fourth-order valence-electron chi connectivity index (χ4n) is 1.70. The fraction of sp³-hybridized carbons (Fsp3) is 0. The van der Waals surface area contributed by atoms with Crippen molar-refractivity contribution in [2.75, 3.05) is 5.32 Å². The van der Waals surface area contributed by atoms with Crippen molar-refractivity contribution < 1.29 is 8.78 Å². The number of aromatic nitrogens is 2. The summed E-state index contributed by atoms with van der Waals surface area (Å²) in [4.78, 5) is 8.39. The minimum absolute atomic E-state index is 0. The first-order valence-electron chi connectivity index (χ1n) is 5.81. The zero-order valence-electron chi connectivity index (χ0n) is 10.6. The summed E-state index contributed by atoms with van der Waals surface area (Å²) < 4.78 is 26.5. The van der Waals surface area contributed by atoms with Gasteiger partial charge in [-0.25, -0.2) is 18.7 Å². The molecule has 1 N–H and O–H groups in total. The molecule has 2 heterocycles. The zero-order valence-corrected chi connectivity index (χ0v) is 12.2. The standard InChI is InChI=1S/C14H9F2N3S.ClH/c15-9-4-5-10(11(16)7-9)12-8-20-14(18-12)19-13-3-1-2-6-17-13;/h1-8H,(H,17,18,19);1H. The molecule has 0 unspecified atom stereocenters. The number of halogens is 3. The Labute approximate surface area is 130 Å². The van der Waals surface area contributed by atoms with Crippen molar-refractivity contribution in [1.29, 1.82) is 0 Å². The highest BCUT2D eigenvalue weighted by atomic mass is 35.5. The van der Waals surface area contributed by atoms with E-state index in [9.17, 15) is 8.78 Å². The third-order valence-electron chi connectivity index (χ3n) is 2.61. The molecule has 0 amide bonds. The van der Waals surface area contributed by atoms with Gasteiger partial charge in [0, 0.05) is 23.2 Å². The molecule has 3 nitrogen and oxygen atoms in total. The number of pyridine rings is 1. The average Bonchev–Trinajstić information content (AvgIpc) is 2.88. The number of benzene rings is 1. The van der Waals surface area contributed by atoms with Crippen LogP contribution in [0.2, 0.25) is 0 Å². The van der Waals surface area contributed by atoms with E-state index in [-0.39, 0.29) is 18.0 Å². The maximum absolute atomic E-state index is 13.7. The van der Waals surface area contributed by atoms with Crippen LogP contribution in [0.5, 0.6) is 0 Å². The van der Waals surface area contributed by atoms with Crippen molar-refractivity contribution >= 4 is 34.7 Å². The molecule has 0 spiro atoms. The third kappa shape index (κ3) is 3.53. The maximum atomic E-state index is 13.7. The highest BCUT2D eigenvalue weighted by Crippen LogP contribution is 2.28. The Bertz CT molecular complexity index is 734. The van der Waals surface area contributed by atoms with Crippen LogP contribution < -0.4 is 5.32 Å². The van der Waals surface area contributed by atoms with Crippen LogP contribution in [0, 0.1) is 11.6 Å². The molecule has 21 heavy (non-hydrogen) atoms. The summed E-state index contributed by atoms with van der Waals surface area (Å²) in [5.74, 6) is -0.569. The van der Waals surface area contributed by atoms with E-state index in [1.807, 2.05) is 12.1 Å². The number of rotatable bonds is 3. The molecule has 108 valence electrons. The SMILES string of the molecule is Cl.Fc1ccc(-c2csc(Nc3ccccn3)n2)c(F)c1. The molecule has 0 saturated heterocycles. The van der Waals surface area contributed by atoms with Gasteiger partial charge in [-0.2, -0.15) is 0 Å². The molecule has 2 aromatic heterocycles. The van der Waals surface area contributed by atoms with E-state index in [2.05, 4.69) is 15.3 Å². The van der Waals surface area contributed by atoms with Gasteiger partial charge in [0.1, 0.15) is 17.5 Å². The topological polar surface area (TPSA) is 37.8 Å². The van der Waals surface area contributed by atoms with Gasteiger partial charge in [-0.1, -0.05) is 6.07 Å². The lowest BCUT2D eigenvalue weighted by molar-refractivity contribution is 0.585. The molecule has 0 fully saturated rings. The molecule has 0 saturated carbocycles. The quantitative estimate of drug-likeness (QED) is 0.761. The van der Waals surface area contributed by atoms with E-state index in [0.29, 0.717) is 16.6 Å². The maximum Gasteiger partial charge on any atom is 0.188 e. The van der Waals surface area contributed by atoms with Crippen molar-refractivity contribution in [3.05, 3.63) is 59.6 Å². The van der Waals surface area contributed by atoms with E-state index in [1.54, 1.807) is 17.6 Å². The lowest BCUT2D eigenvalue weighted by atomic mass is 10.1. The molecule has 0 radical (unpaired) electrons. The number of thiazole rings is 1. The lowest BCUT2D eigenvalue weighted by Gasteiger charge is -2.00. The second-order valence-electron chi connectivity index (χ2n) is 4.00. The molecule has 7 heteroatoms. The molecular formula is C14H10ClF2N3S. The van der Waals surface area contributed by atoms with E-state index < -0.39 is 11.6 Å². The van der Waals surface area contributed by atoms with Crippen molar-refractivity contribution in [2.24, 2.45) is 0 Å². The lowest BCUT2D eigenvalue weighted by Crippen LogP contribution is -1.92. The minimum atomic E-state index is -0.625. The van der Waals surface area contributed by atoms with Crippen LogP contribution in [0.15, 0.2) is 48.0 Å². The Morgan fingerprint density at radius 3 is 2.67 bits per heavy atom. The number of nitrogens with zero attached hydrogens (tertiary/aromatic N) is 2. The van der Waals surface area contributed by atoms with E-state index in [4.69, 9.17) is 0 Å². The van der Waals surface area contributed by atoms with E-state index in [1.165, 1.54) is 23.5 Å². The number of nitrogens with one attached hydrogen (secondary N) is 1. The fourth-order valence-corrected chi connectivity index (χ4v) is 2.42. The molecule has 3 aromatic rings. The first-order chi connectivity index (χ1) is 9.72. The van der Waals surface area contributed by atoms with Crippen molar-refractivity contribution in [1.82, 2.24) is 9.97 Å². The monoisotopic (exact) mass is 325 g/mol. The summed E-state index contributed by atoms with van der Waals surface area (Å²) in [6.45, 7) is 0. The van der Waals surface area contributed by atoms with E-state index >= 15 is 0 Å². The molecule has 0 aliphatic heterocycles. The summed E-state index contributed by atoms with van der Waals surface area (Å²) in [6.07, 6.45) is 1.66. The van der Waals surface area contributed by atoms with Crippen LogP contribution in [0.3, 0.4) is 0 Å². The number of hydrogen-bond donors (Lipinski definition) is 1.